The van der Waals surface area contributed by atoms with Crippen LogP contribution in [0.25, 0.3) is 5.70 Å². The summed E-state index contributed by atoms with van der Waals surface area (Å²) in [5.41, 5.74) is 4.29. The lowest BCUT2D eigenvalue weighted by atomic mass is 10.0. The van der Waals surface area contributed by atoms with Crippen LogP contribution in [0, 0.1) is 0 Å². The molecule has 3 heterocycles. The Labute approximate surface area is 156 Å². The summed E-state index contributed by atoms with van der Waals surface area (Å²) in [4.78, 5) is 26.2. The highest BCUT2D eigenvalue weighted by Gasteiger charge is 2.40. The molecule has 5 nitrogen and oxygen atoms in total. The lowest BCUT2D eigenvalue weighted by molar-refractivity contribution is -0.134. The molecule has 1 atom stereocenters. The van der Waals surface area contributed by atoms with E-state index in [2.05, 4.69) is 43.7 Å². The number of hydrogen-bond donors (Lipinski definition) is 0. The molecule has 0 aromatic carbocycles. The number of likely N-dealkylation sites (N-methyl/N-ethyl adjacent to an activating group) is 1. The van der Waals surface area contributed by atoms with E-state index >= 15 is 0 Å². The molecule has 0 spiro atoms. The van der Waals surface area contributed by atoms with E-state index < -0.39 is 0 Å². The van der Waals surface area contributed by atoms with Gasteiger partial charge in [-0.1, -0.05) is 19.9 Å². The van der Waals surface area contributed by atoms with Gasteiger partial charge in [0.15, 0.2) is 5.84 Å². The third kappa shape index (κ3) is 3.06. The molecule has 1 amide bonds. The molecule has 138 valence electrons. The predicted molar refractivity (Wildman–Crippen MR) is 105 cm³/mol. The van der Waals surface area contributed by atoms with E-state index in [0.29, 0.717) is 0 Å². The Morgan fingerprint density at radius 1 is 1.23 bits per heavy atom. The Hall–Kier alpha value is -2.43. The molecule has 1 saturated heterocycles. The molecule has 2 aliphatic rings. The quantitative estimate of drug-likeness (QED) is 0.827. The number of rotatable bonds is 4. The Balaban J connectivity index is 2.20. The van der Waals surface area contributed by atoms with E-state index in [-0.39, 0.29) is 18.0 Å². The molecule has 0 bridgehead atoms. The van der Waals surface area contributed by atoms with Gasteiger partial charge in [-0.15, -0.1) is 0 Å². The van der Waals surface area contributed by atoms with Crippen molar-refractivity contribution in [3.05, 3.63) is 47.4 Å². The molecule has 0 N–H and O–H groups in total. The van der Waals surface area contributed by atoms with Crippen LogP contribution in [0.1, 0.15) is 52.5 Å². The van der Waals surface area contributed by atoms with Crippen molar-refractivity contribution in [3.8, 4) is 0 Å². The van der Waals surface area contributed by atoms with Crippen LogP contribution in [0.3, 0.4) is 0 Å². The molecule has 1 fully saturated rings. The number of amides is 1. The predicted octanol–water partition coefficient (Wildman–Crippen LogP) is 3.85. The summed E-state index contributed by atoms with van der Waals surface area (Å²) in [6.07, 6.45) is 8.26. The van der Waals surface area contributed by atoms with Crippen molar-refractivity contribution in [3.63, 3.8) is 0 Å². The highest BCUT2D eigenvalue weighted by Crippen LogP contribution is 2.33. The van der Waals surface area contributed by atoms with Gasteiger partial charge in [0, 0.05) is 31.0 Å². The molecule has 0 aliphatic carbocycles. The largest absolute Gasteiger partial charge is 0.340 e. The van der Waals surface area contributed by atoms with E-state index in [1.54, 1.807) is 17.3 Å². The second-order valence-corrected chi connectivity index (χ2v) is 7.09. The van der Waals surface area contributed by atoms with Crippen LogP contribution in [-0.2, 0) is 4.79 Å². The lowest BCUT2D eigenvalue weighted by Crippen LogP contribution is -2.59. The van der Waals surface area contributed by atoms with Crippen LogP contribution in [0.15, 0.2) is 46.9 Å². The van der Waals surface area contributed by atoms with E-state index in [1.165, 1.54) is 5.57 Å². The fraction of sp³-hybridized carbons (Fsp3) is 0.476. The number of aromatic nitrogens is 1. The highest BCUT2D eigenvalue weighted by molar-refractivity contribution is 6.09. The van der Waals surface area contributed by atoms with Gasteiger partial charge < -0.3 is 9.80 Å². The number of hydrogen-bond acceptors (Lipinski definition) is 4. The van der Waals surface area contributed by atoms with Crippen molar-refractivity contribution in [2.45, 2.75) is 59.0 Å². The van der Waals surface area contributed by atoms with Gasteiger partial charge in [-0.3, -0.25) is 9.78 Å². The second-order valence-electron chi connectivity index (χ2n) is 7.09. The van der Waals surface area contributed by atoms with Gasteiger partial charge in [0.1, 0.15) is 6.04 Å². The molecule has 1 unspecified atom stereocenters. The molecular formula is C21H28N4O. The van der Waals surface area contributed by atoms with Crippen LogP contribution in [0.2, 0.25) is 0 Å². The number of fused-ring (bicyclic) bond motifs is 1. The molecule has 0 radical (unpaired) electrons. The van der Waals surface area contributed by atoms with E-state index in [9.17, 15) is 4.79 Å². The minimum Gasteiger partial charge on any atom is -0.340 e. The first kappa shape index (κ1) is 18.4. The average Bonchev–Trinajstić information content (AvgIpc) is 2.84. The standard InChI is InChI=1S/C21H28N4O/c1-6-15-8-9-18-20(23-19(15)16-10-12-22-13-11-16)25(14(3)4)17(7-2)21(26)24(18)5/h9-14,17H,6-8H2,1-5H3. The Bertz CT molecular complexity index is 776. The van der Waals surface area contributed by atoms with Crippen molar-refractivity contribution in [2.24, 2.45) is 4.99 Å². The number of allylic oxidation sites excluding steroid dienone is 2. The smallest absolute Gasteiger partial charge is 0.249 e. The molecule has 1 aromatic heterocycles. The first-order valence-electron chi connectivity index (χ1n) is 9.47. The first-order valence-corrected chi connectivity index (χ1v) is 9.47. The lowest BCUT2D eigenvalue weighted by Gasteiger charge is -2.44. The summed E-state index contributed by atoms with van der Waals surface area (Å²) in [5, 5.41) is 0. The Morgan fingerprint density at radius 2 is 1.92 bits per heavy atom. The van der Waals surface area contributed by atoms with Gasteiger partial charge in [0.2, 0.25) is 5.91 Å². The zero-order chi connectivity index (χ0) is 18.8. The van der Waals surface area contributed by atoms with Crippen molar-refractivity contribution in [1.82, 2.24) is 14.8 Å². The minimum atomic E-state index is -0.169. The van der Waals surface area contributed by atoms with Crippen LogP contribution in [0.5, 0.6) is 0 Å². The third-order valence-corrected chi connectivity index (χ3v) is 5.20. The molecule has 26 heavy (non-hydrogen) atoms. The molecule has 1 aromatic rings. The topological polar surface area (TPSA) is 48.8 Å². The summed E-state index contributed by atoms with van der Waals surface area (Å²) < 4.78 is 0. The SMILES string of the molecule is CCC1=C(c2ccncc2)N=C2C(=CC1)N(C)C(=O)C(CC)N2C(C)C. The summed E-state index contributed by atoms with van der Waals surface area (Å²) in [5.74, 6) is 1.06. The molecular weight excluding hydrogens is 324 g/mol. The first-order chi connectivity index (χ1) is 12.5. The summed E-state index contributed by atoms with van der Waals surface area (Å²) in [6, 6.07) is 4.04. The Kier molecular flexibility index (Phi) is 5.25. The van der Waals surface area contributed by atoms with E-state index in [0.717, 1.165) is 42.1 Å². The average molecular weight is 352 g/mol. The molecule has 2 aliphatic heterocycles. The zero-order valence-corrected chi connectivity index (χ0v) is 16.4. The maximum atomic E-state index is 12.9. The monoisotopic (exact) mass is 352 g/mol. The number of amidine groups is 1. The van der Waals surface area contributed by atoms with Gasteiger partial charge in [-0.05, 0) is 50.8 Å². The number of nitrogens with zero attached hydrogens (tertiary/aromatic N) is 4. The number of aliphatic imine (C=N–C) groups is 1. The van der Waals surface area contributed by atoms with Crippen molar-refractivity contribution < 1.29 is 4.79 Å². The van der Waals surface area contributed by atoms with Crippen LogP contribution in [0.4, 0.5) is 0 Å². The van der Waals surface area contributed by atoms with Crippen molar-refractivity contribution in [1.29, 1.82) is 0 Å². The van der Waals surface area contributed by atoms with Gasteiger partial charge in [0.25, 0.3) is 0 Å². The fourth-order valence-corrected chi connectivity index (χ4v) is 3.80. The van der Waals surface area contributed by atoms with Gasteiger partial charge >= 0.3 is 0 Å². The summed E-state index contributed by atoms with van der Waals surface area (Å²) in [7, 11) is 1.87. The van der Waals surface area contributed by atoms with E-state index in [1.807, 2.05) is 19.2 Å². The van der Waals surface area contributed by atoms with Gasteiger partial charge in [0.05, 0.1) is 11.4 Å². The van der Waals surface area contributed by atoms with Crippen LogP contribution >= 0.6 is 0 Å². The second kappa shape index (κ2) is 7.44. The highest BCUT2D eigenvalue weighted by atomic mass is 16.2. The van der Waals surface area contributed by atoms with Gasteiger partial charge in [-0.2, -0.15) is 0 Å². The number of piperazine rings is 1. The summed E-state index contributed by atoms with van der Waals surface area (Å²) >= 11 is 0. The number of pyridine rings is 1. The van der Waals surface area contributed by atoms with E-state index in [4.69, 9.17) is 4.99 Å². The van der Waals surface area contributed by atoms with Gasteiger partial charge in [-0.25, -0.2) is 4.99 Å². The molecule has 0 saturated carbocycles. The van der Waals surface area contributed by atoms with Crippen LogP contribution in [-0.4, -0.2) is 45.7 Å². The molecule has 3 rings (SSSR count). The van der Waals surface area contributed by atoms with Crippen molar-refractivity contribution in [2.75, 3.05) is 7.05 Å². The fourth-order valence-electron chi connectivity index (χ4n) is 3.80. The van der Waals surface area contributed by atoms with Crippen LogP contribution < -0.4 is 0 Å². The normalized spacial score (nSPS) is 20.8. The summed E-state index contributed by atoms with van der Waals surface area (Å²) in [6.45, 7) is 8.48. The number of carbonyl (C=O) groups excluding carboxylic acids is 1. The maximum absolute atomic E-state index is 12.9. The van der Waals surface area contributed by atoms with Crippen molar-refractivity contribution >= 4 is 17.4 Å². The molecule has 5 heteroatoms. The minimum absolute atomic E-state index is 0.150. The third-order valence-electron chi connectivity index (χ3n) is 5.20. The number of carbonyl (C=O) groups is 1. The Morgan fingerprint density at radius 3 is 2.50 bits per heavy atom. The maximum Gasteiger partial charge on any atom is 0.249 e. The zero-order valence-electron chi connectivity index (χ0n) is 16.4.